The molecule has 0 N–H and O–H groups in total. The van der Waals surface area contributed by atoms with Crippen LogP contribution in [0.3, 0.4) is 0 Å². The number of allylic oxidation sites excluding steroid dienone is 8. The molecule has 2 aliphatic carbocycles. The molecule has 0 aromatic rings. The van der Waals surface area contributed by atoms with Gasteiger partial charge in [-0.3, -0.25) is 12.2 Å². The van der Waals surface area contributed by atoms with Crippen LogP contribution in [0.2, 0.25) is 13.1 Å². The Morgan fingerprint density at radius 1 is 0.750 bits per heavy atom. The molecule has 0 aromatic heterocycles. The van der Waals surface area contributed by atoms with E-state index in [4.69, 9.17) is 0 Å². The van der Waals surface area contributed by atoms with E-state index < -0.39 is 0 Å². The third-order valence-electron chi connectivity index (χ3n) is 5.23. The first-order chi connectivity index (χ1) is 13.8. The van der Waals surface area contributed by atoms with Crippen LogP contribution in [-0.2, 0) is 23.3 Å². The molecule has 0 amide bonds. The van der Waals surface area contributed by atoms with E-state index in [9.17, 15) is 0 Å². The second-order valence-corrected chi connectivity index (χ2v) is 20.2. The van der Waals surface area contributed by atoms with Gasteiger partial charge in [0.05, 0.1) is 0 Å². The Labute approximate surface area is 229 Å². The Bertz CT molecular complexity index is 600. The molecule has 2 rings (SSSR count). The van der Waals surface area contributed by atoms with Crippen molar-refractivity contribution in [2.75, 3.05) is 0 Å². The van der Waals surface area contributed by atoms with Crippen molar-refractivity contribution in [2.45, 2.75) is 120 Å². The fourth-order valence-corrected chi connectivity index (χ4v) is 3.06. The SMILES string of the molecule is CCCCC1=[C-]CC(C(C)(C)C)=C1.CCCCC1=[C-]CC(C(C)(C)C)=C1.C[Si](C)=[Zr+2].[Cl-].[Cl-]. The summed E-state index contributed by atoms with van der Waals surface area (Å²) >= 11 is 1.74. The van der Waals surface area contributed by atoms with E-state index in [0.717, 1.165) is 12.8 Å². The van der Waals surface area contributed by atoms with Crippen molar-refractivity contribution in [2.24, 2.45) is 10.8 Å². The zero-order valence-corrected chi connectivity index (χ0v) is 27.5. The predicted octanol–water partition coefficient (Wildman–Crippen LogP) is 3.36. The summed E-state index contributed by atoms with van der Waals surface area (Å²) < 4.78 is 0. The van der Waals surface area contributed by atoms with Crippen molar-refractivity contribution in [3.8, 4) is 0 Å². The van der Waals surface area contributed by atoms with Crippen LogP contribution in [0.1, 0.15) is 107 Å². The largest absolute Gasteiger partial charge is 1.00 e. The monoisotopic (exact) mass is 572 g/mol. The number of hydrogen-bond acceptors (Lipinski definition) is 0. The molecule has 0 unspecified atom stereocenters. The first kappa shape index (κ1) is 37.2. The Kier molecular flexibility index (Phi) is 22.0. The molecule has 0 bridgehead atoms. The molecule has 0 saturated carbocycles. The number of halogens is 2. The van der Waals surface area contributed by atoms with E-state index in [0.29, 0.717) is 10.8 Å². The first-order valence-corrected chi connectivity index (χ1v) is 18.1. The van der Waals surface area contributed by atoms with Gasteiger partial charge in [-0.25, -0.2) is 23.3 Å². The van der Waals surface area contributed by atoms with Crippen LogP contribution in [0.15, 0.2) is 34.4 Å². The van der Waals surface area contributed by atoms with Gasteiger partial charge in [-0.1, -0.05) is 93.9 Å². The van der Waals surface area contributed by atoms with Gasteiger partial charge in [0.15, 0.2) is 0 Å². The summed E-state index contributed by atoms with van der Waals surface area (Å²) in [6, 6.07) is 0. The minimum Gasteiger partial charge on any atom is -1.00 e. The third-order valence-corrected chi connectivity index (χ3v) is 5.23. The van der Waals surface area contributed by atoms with Crippen LogP contribution in [0.4, 0.5) is 0 Å². The van der Waals surface area contributed by atoms with Gasteiger partial charge >= 0.3 is 41.9 Å². The minimum atomic E-state index is 0. The van der Waals surface area contributed by atoms with E-state index in [1.165, 1.54) is 49.7 Å². The molecular formula is C28H48Cl2SiZr-2. The topological polar surface area (TPSA) is 0 Å². The van der Waals surface area contributed by atoms with Crippen molar-refractivity contribution in [1.29, 1.82) is 0 Å². The quantitative estimate of drug-likeness (QED) is 0.337. The van der Waals surface area contributed by atoms with E-state index in [2.05, 4.69) is 92.8 Å². The molecule has 0 heterocycles. The number of hydrogen-bond donors (Lipinski definition) is 0. The van der Waals surface area contributed by atoms with E-state index in [1.54, 1.807) is 34.5 Å². The van der Waals surface area contributed by atoms with Crippen molar-refractivity contribution in [1.82, 2.24) is 0 Å². The zero-order chi connectivity index (χ0) is 23.4. The summed E-state index contributed by atoms with van der Waals surface area (Å²) in [5.41, 5.74) is 6.83. The van der Waals surface area contributed by atoms with Crippen molar-refractivity contribution >= 4 is 5.43 Å². The average molecular weight is 575 g/mol. The van der Waals surface area contributed by atoms with Crippen LogP contribution in [0.5, 0.6) is 0 Å². The smallest absolute Gasteiger partial charge is 1.00 e. The molecule has 2 aliphatic rings. The van der Waals surface area contributed by atoms with Crippen molar-refractivity contribution in [3.05, 3.63) is 46.6 Å². The second-order valence-electron chi connectivity index (χ2n) is 10.8. The summed E-state index contributed by atoms with van der Waals surface area (Å²) in [5.74, 6) is 0. The molecule has 0 fully saturated rings. The molecule has 0 nitrogen and oxygen atoms in total. The van der Waals surface area contributed by atoms with Gasteiger partial charge in [0.25, 0.3) is 0 Å². The molecular weight excluding hydrogens is 527 g/mol. The summed E-state index contributed by atoms with van der Waals surface area (Å²) in [7, 11) is 0. The molecule has 0 aliphatic heterocycles. The fraction of sp³-hybridized carbons (Fsp3) is 0.714. The van der Waals surface area contributed by atoms with Crippen LogP contribution in [0, 0.1) is 23.0 Å². The molecule has 4 heteroatoms. The normalized spacial score (nSPS) is 14.9. The predicted molar refractivity (Wildman–Crippen MR) is 134 cm³/mol. The molecule has 0 radical (unpaired) electrons. The van der Waals surface area contributed by atoms with Gasteiger partial charge in [0.2, 0.25) is 0 Å². The standard InChI is InChI=1S/2C13H21.C2H6Si.2ClH.Zr/c2*1-5-6-7-11-8-9-12(10-11)13(2,3)4;1-3-2;;;/h2*10H,5-7,9H2,1-4H3;1-2H3;2*1H;/q2*-1;;;;+2/p-2. The maximum atomic E-state index is 3.47. The zero-order valence-electron chi connectivity index (χ0n) is 22.6. The van der Waals surface area contributed by atoms with E-state index in [1.807, 2.05) is 0 Å². The summed E-state index contributed by atoms with van der Waals surface area (Å²) in [4.78, 5) is 0. The molecule has 0 atom stereocenters. The maximum Gasteiger partial charge on any atom is -1.00 e. The Balaban J connectivity index is -0.000000428. The molecule has 32 heavy (non-hydrogen) atoms. The molecule has 0 aromatic carbocycles. The molecule has 0 saturated heterocycles. The summed E-state index contributed by atoms with van der Waals surface area (Å²) in [6.45, 7) is 22.8. The maximum absolute atomic E-state index is 3.47. The van der Waals surface area contributed by atoms with Gasteiger partial charge in [0, 0.05) is 0 Å². The van der Waals surface area contributed by atoms with E-state index in [-0.39, 0.29) is 30.2 Å². The summed E-state index contributed by atoms with van der Waals surface area (Å²) in [6.07, 6.45) is 21.4. The van der Waals surface area contributed by atoms with Crippen LogP contribution in [-0.4, -0.2) is 5.43 Å². The Hall–Kier alpha value is 0.640. The number of unbranched alkanes of at least 4 members (excludes halogenated alkanes) is 2. The molecule has 0 spiro atoms. The number of rotatable bonds is 6. The van der Waals surface area contributed by atoms with Crippen molar-refractivity contribution < 1.29 is 48.1 Å². The van der Waals surface area contributed by atoms with Gasteiger partial charge in [0.1, 0.15) is 0 Å². The third kappa shape index (κ3) is 18.0. The van der Waals surface area contributed by atoms with Crippen LogP contribution < -0.4 is 24.8 Å². The van der Waals surface area contributed by atoms with Crippen LogP contribution in [0.25, 0.3) is 0 Å². The van der Waals surface area contributed by atoms with Gasteiger partial charge < -0.3 is 24.8 Å². The second kappa shape index (κ2) is 18.9. The Morgan fingerprint density at radius 3 is 1.22 bits per heavy atom. The average Bonchev–Trinajstić information content (AvgIpc) is 3.27. The van der Waals surface area contributed by atoms with Gasteiger partial charge in [-0.2, -0.15) is 11.1 Å². The Morgan fingerprint density at radius 2 is 1.03 bits per heavy atom. The van der Waals surface area contributed by atoms with Gasteiger partial charge in [-0.05, 0) is 10.8 Å². The fourth-order valence-electron chi connectivity index (χ4n) is 3.06. The van der Waals surface area contributed by atoms with Gasteiger partial charge in [-0.15, -0.1) is 12.8 Å². The van der Waals surface area contributed by atoms with Crippen molar-refractivity contribution in [3.63, 3.8) is 0 Å². The summed E-state index contributed by atoms with van der Waals surface area (Å²) in [5, 5.41) is 0. The van der Waals surface area contributed by atoms with E-state index >= 15 is 0 Å². The first-order valence-electron chi connectivity index (χ1n) is 11.9. The van der Waals surface area contributed by atoms with Crippen LogP contribution >= 0.6 is 0 Å². The minimum absolute atomic E-state index is 0. The molecule has 184 valence electrons.